The zero-order chi connectivity index (χ0) is 13.4. The number of rotatable bonds is 7. The lowest BCUT2D eigenvalue weighted by atomic mass is 10.0. The smallest absolute Gasteiger partial charge is 0.104 e. The van der Waals surface area contributed by atoms with Crippen LogP contribution in [0, 0.1) is 18.3 Å². The van der Waals surface area contributed by atoms with Crippen molar-refractivity contribution < 1.29 is 0 Å². The Hall–Kier alpha value is -0.980. The van der Waals surface area contributed by atoms with Crippen LogP contribution in [0.5, 0.6) is 0 Å². The molecule has 0 saturated heterocycles. The summed E-state index contributed by atoms with van der Waals surface area (Å²) in [5.41, 5.74) is 2.36. The molecule has 0 radical (unpaired) electrons. The molecule has 1 N–H and O–H groups in total. The highest BCUT2D eigenvalue weighted by atomic mass is 32.2. The summed E-state index contributed by atoms with van der Waals surface area (Å²) in [6, 6.07) is 10.8. The average Bonchev–Trinajstić information content (AvgIpc) is 2.37. The monoisotopic (exact) mass is 262 g/mol. The molecular weight excluding hydrogens is 240 g/mol. The Morgan fingerprint density at radius 2 is 2.11 bits per heavy atom. The topological polar surface area (TPSA) is 35.8 Å². The maximum Gasteiger partial charge on any atom is 0.104 e. The molecule has 3 heteroatoms. The van der Waals surface area contributed by atoms with Gasteiger partial charge in [-0.2, -0.15) is 17.0 Å². The first-order valence-electron chi connectivity index (χ1n) is 6.40. The maximum absolute atomic E-state index is 9.16. The molecule has 0 aliphatic carbocycles. The van der Waals surface area contributed by atoms with Crippen LogP contribution in [0.3, 0.4) is 0 Å². The Balaban J connectivity index is 2.35. The van der Waals surface area contributed by atoms with Gasteiger partial charge in [-0.25, -0.2) is 0 Å². The standard InChI is InChI=1S/C15H22N2S/c1-4-17-15(3,12-16)9-10-18-11-14-8-6-5-7-13(14)2/h5-8,17H,4,9-11H2,1-3H3. The van der Waals surface area contributed by atoms with E-state index in [2.05, 4.69) is 42.6 Å². The number of thioether (sulfide) groups is 1. The molecule has 1 atom stereocenters. The Labute approximate surface area is 115 Å². The second-order valence-corrected chi connectivity index (χ2v) is 5.81. The lowest BCUT2D eigenvalue weighted by molar-refractivity contribution is 0.450. The summed E-state index contributed by atoms with van der Waals surface area (Å²) in [5, 5.41) is 12.4. The number of nitrogens with zero attached hydrogens (tertiary/aromatic N) is 1. The first kappa shape index (κ1) is 15.1. The SMILES string of the molecule is CCNC(C)(C#N)CCSCc1ccccc1C. The van der Waals surface area contributed by atoms with Gasteiger partial charge in [0.1, 0.15) is 5.54 Å². The first-order valence-corrected chi connectivity index (χ1v) is 7.55. The fourth-order valence-electron chi connectivity index (χ4n) is 1.80. The molecule has 0 spiro atoms. The van der Waals surface area contributed by atoms with Gasteiger partial charge in [0.05, 0.1) is 6.07 Å². The molecule has 1 unspecified atom stereocenters. The normalized spacial score (nSPS) is 13.9. The van der Waals surface area contributed by atoms with Crippen LogP contribution in [0.25, 0.3) is 0 Å². The number of aryl methyl sites for hydroxylation is 1. The van der Waals surface area contributed by atoms with E-state index in [1.807, 2.05) is 25.6 Å². The number of hydrogen-bond donors (Lipinski definition) is 1. The van der Waals surface area contributed by atoms with Crippen molar-refractivity contribution in [1.29, 1.82) is 5.26 Å². The van der Waals surface area contributed by atoms with Crippen molar-refractivity contribution in [3.8, 4) is 6.07 Å². The molecule has 0 aliphatic rings. The molecule has 1 aromatic rings. The molecule has 18 heavy (non-hydrogen) atoms. The van der Waals surface area contributed by atoms with E-state index in [-0.39, 0.29) is 5.54 Å². The number of benzene rings is 1. The van der Waals surface area contributed by atoms with E-state index < -0.39 is 0 Å². The molecular formula is C15H22N2S. The quantitative estimate of drug-likeness (QED) is 0.764. The highest BCUT2D eigenvalue weighted by molar-refractivity contribution is 7.98. The first-order chi connectivity index (χ1) is 8.61. The molecule has 0 saturated carbocycles. The second kappa shape index (κ2) is 7.45. The van der Waals surface area contributed by atoms with E-state index in [0.717, 1.165) is 24.5 Å². The Bertz CT molecular complexity index is 411. The Morgan fingerprint density at radius 3 is 2.72 bits per heavy atom. The van der Waals surface area contributed by atoms with Crippen LogP contribution in [0.2, 0.25) is 0 Å². The number of nitrogens with one attached hydrogen (secondary N) is 1. The number of nitriles is 1. The van der Waals surface area contributed by atoms with Crippen LogP contribution >= 0.6 is 11.8 Å². The molecule has 1 aromatic carbocycles. The predicted octanol–water partition coefficient (Wildman–Crippen LogP) is 3.51. The zero-order valence-electron chi connectivity index (χ0n) is 11.5. The molecule has 1 rings (SSSR count). The van der Waals surface area contributed by atoms with E-state index in [0.29, 0.717) is 0 Å². The molecule has 0 amide bonds. The van der Waals surface area contributed by atoms with E-state index in [1.165, 1.54) is 11.1 Å². The van der Waals surface area contributed by atoms with Gasteiger partial charge in [-0.05, 0) is 43.7 Å². The van der Waals surface area contributed by atoms with Gasteiger partial charge in [0.25, 0.3) is 0 Å². The van der Waals surface area contributed by atoms with Crippen molar-refractivity contribution >= 4 is 11.8 Å². The molecule has 0 heterocycles. The molecule has 0 aromatic heterocycles. The summed E-state index contributed by atoms with van der Waals surface area (Å²) in [6.45, 7) is 7.00. The summed E-state index contributed by atoms with van der Waals surface area (Å²) in [6.07, 6.45) is 0.883. The zero-order valence-corrected chi connectivity index (χ0v) is 12.3. The lowest BCUT2D eigenvalue weighted by Crippen LogP contribution is -2.41. The summed E-state index contributed by atoms with van der Waals surface area (Å²) in [4.78, 5) is 0. The van der Waals surface area contributed by atoms with Gasteiger partial charge in [0.15, 0.2) is 0 Å². The predicted molar refractivity (Wildman–Crippen MR) is 79.7 cm³/mol. The van der Waals surface area contributed by atoms with E-state index in [1.54, 1.807) is 0 Å². The van der Waals surface area contributed by atoms with Crippen LogP contribution in [0.15, 0.2) is 24.3 Å². The van der Waals surface area contributed by atoms with Crippen LogP contribution in [0.4, 0.5) is 0 Å². The second-order valence-electron chi connectivity index (χ2n) is 4.70. The fraction of sp³-hybridized carbons (Fsp3) is 0.533. The highest BCUT2D eigenvalue weighted by Crippen LogP contribution is 2.19. The van der Waals surface area contributed by atoms with Gasteiger partial charge in [0.2, 0.25) is 0 Å². The fourth-order valence-corrected chi connectivity index (χ4v) is 3.05. The minimum Gasteiger partial charge on any atom is -0.300 e. The van der Waals surface area contributed by atoms with Crippen molar-refractivity contribution in [1.82, 2.24) is 5.32 Å². The van der Waals surface area contributed by atoms with Gasteiger partial charge in [-0.3, -0.25) is 5.32 Å². The van der Waals surface area contributed by atoms with Gasteiger partial charge >= 0.3 is 0 Å². The largest absolute Gasteiger partial charge is 0.300 e. The van der Waals surface area contributed by atoms with E-state index in [9.17, 15) is 0 Å². The lowest BCUT2D eigenvalue weighted by Gasteiger charge is -2.22. The van der Waals surface area contributed by atoms with Gasteiger partial charge in [-0.1, -0.05) is 31.2 Å². The average molecular weight is 262 g/mol. The van der Waals surface area contributed by atoms with Crippen molar-refractivity contribution in [2.75, 3.05) is 12.3 Å². The molecule has 0 bridgehead atoms. The van der Waals surface area contributed by atoms with Crippen molar-refractivity contribution in [3.63, 3.8) is 0 Å². The van der Waals surface area contributed by atoms with Gasteiger partial charge in [-0.15, -0.1) is 0 Å². The maximum atomic E-state index is 9.16. The number of hydrogen-bond acceptors (Lipinski definition) is 3. The minimum absolute atomic E-state index is 0.381. The molecule has 0 aliphatic heterocycles. The summed E-state index contributed by atoms with van der Waals surface area (Å²) >= 11 is 1.90. The van der Waals surface area contributed by atoms with Crippen LogP contribution in [-0.2, 0) is 5.75 Å². The van der Waals surface area contributed by atoms with Gasteiger partial charge in [0, 0.05) is 5.75 Å². The third-order valence-electron chi connectivity index (χ3n) is 3.08. The van der Waals surface area contributed by atoms with Crippen molar-refractivity contribution in [2.45, 2.75) is 38.5 Å². The van der Waals surface area contributed by atoms with Crippen molar-refractivity contribution in [3.05, 3.63) is 35.4 Å². The Morgan fingerprint density at radius 1 is 1.39 bits per heavy atom. The van der Waals surface area contributed by atoms with E-state index in [4.69, 9.17) is 5.26 Å². The van der Waals surface area contributed by atoms with Crippen LogP contribution in [0.1, 0.15) is 31.4 Å². The van der Waals surface area contributed by atoms with Crippen LogP contribution < -0.4 is 5.32 Å². The summed E-state index contributed by atoms with van der Waals surface area (Å²) in [5.74, 6) is 2.03. The summed E-state index contributed by atoms with van der Waals surface area (Å²) < 4.78 is 0. The van der Waals surface area contributed by atoms with E-state index >= 15 is 0 Å². The highest BCUT2D eigenvalue weighted by Gasteiger charge is 2.21. The van der Waals surface area contributed by atoms with Crippen LogP contribution in [-0.4, -0.2) is 17.8 Å². The summed E-state index contributed by atoms with van der Waals surface area (Å²) in [7, 11) is 0. The Kier molecular flexibility index (Phi) is 6.24. The minimum atomic E-state index is -0.381. The molecule has 2 nitrogen and oxygen atoms in total. The van der Waals surface area contributed by atoms with Crippen molar-refractivity contribution in [2.24, 2.45) is 0 Å². The molecule has 98 valence electrons. The van der Waals surface area contributed by atoms with Gasteiger partial charge < -0.3 is 0 Å². The third-order valence-corrected chi connectivity index (χ3v) is 4.09. The third kappa shape index (κ3) is 4.72. The molecule has 0 fully saturated rings.